The summed E-state index contributed by atoms with van der Waals surface area (Å²) >= 11 is 0. The van der Waals surface area contributed by atoms with E-state index < -0.39 is 0 Å². The van der Waals surface area contributed by atoms with Gasteiger partial charge in [-0.25, -0.2) is 0 Å². The molecule has 0 saturated heterocycles. The van der Waals surface area contributed by atoms with Crippen LogP contribution in [0.2, 0.25) is 0 Å². The van der Waals surface area contributed by atoms with Crippen LogP contribution in [0.4, 0.5) is 11.4 Å². The second-order valence-corrected chi connectivity index (χ2v) is 4.62. The molecule has 0 saturated carbocycles. The Balaban J connectivity index is 1.96. The molecule has 98 valence electrons. The van der Waals surface area contributed by atoms with Crippen molar-refractivity contribution in [3.8, 4) is 0 Å². The van der Waals surface area contributed by atoms with E-state index in [0.29, 0.717) is 13.0 Å². The summed E-state index contributed by atoms with van der Waals surface area (Å²) in [5.74, 6) is -0.180. The summed E-state index contributed by atoms with van der Waals surface area (Å²) in [6.45, 7) is 1.74. The summed E-state index contributed by atoms with van der Waals surface area (Å²) in [5.41, 5.74) is 3.78. The minimum absolute atomic E-state index is 0.180. The molecular weight excluding hydrogens is 228 g/mol. The Bertz CT molecular complexity index is 432. The van der Waals surface area contributed by atoms with E-state index in [4.69, 9.17) is 0 Å². The molecule has 1 N–H and O–H groups in total. The molecule has 1 aliphatic rings. The molecule has 18 heavy (non-hydrogen) atoms. The van der Waals surface area contributed by atoms with Crippen LogP contribution in [0.5, 0.6) is 0 Å². The molecule has 4 heteroatoms. The Morgan fingerprint density at radius 1 is 1.50 bits per heavy atom. The molecule has 1 aromatic carbocycles. The van der Waals surface area contributed by atoms with Crippen LogP contribution in [-0.4, -0.2) is 33.2 Å². The van der Waals surface area contributed by atoms with Gasteiger partial charge >= 0.3 is 5.97 Å². The molecule has 1 aliphatic heterocycles. The number of carbonyl (C=O) groups excluding carboxylic acids is 1. The average Bonchev–Trinajstić information content (AvgIpc) is 2.38. The molecule has 1 aromatic rings. The van der Waals surface area contributed by atoms with Gasteiger partial charge in [-0.15, -0.1) is 0 Å². The third-order valence-corrected chi connectivity index (χ3v) is 3.32. The maximum atomic E-state index is 11.0. The molecule has 0 unspecified atom stereocenters. The topological polar surface area (TPSA) is 41.6 Å². The van der Waals surface area contributed by atoms with Crippen molar-refractivity contribution in [3.63, 3.8) is 0 Å². The highest BCUT2D eigenvalue weighted by molar-refractivity contribution is 5.70. The number of esters is 1. The van der Waals surface area contributed by atoms with Gasteiger partial charge in [0.05, 0.1) is 13.5 Å². The van der Waals surface area contributed by atoms with Crippen LogP contribution in [0.15, 0.2) is 18.2 Å². The molecule has 0 fully saturated rings. The minimum Gasteiger partial charge on any atom is -0.469 e. The van der Waals surface area contributed by atoms with Crippen molar-refractivity contribution < 1.29 is 9.53 Å². The molecule has 1 heterocycles. The first-order chi connectivity index (χ1) is 8.70. The molecule has 0 atom stereocenters. The first-order valence-corrected chi connectivity index (χ1v) is 6.35. The van der Waals surface area contributed by atoms with E-state index in [1.165, 1.54) is 24.8 Å². The van der Waals surface area contributed by atoms with Gasteiger partial charge in [-0.2, -0.15) is 0 Å². The number of aryl methyl sites for hydroxylation is 1. The maximum absolute atomic E-state index is 11.0. The first-order valence-electron chi connectivity index (χ1n) is 6.35. The lowest BCUT2D eigenvalue weighted by atomic mass is 10.0. The number of nitrogens with one attached hydrogen (secondary N) is 1. The summed E-state index contributed by atoms with van der Waals surface area (Å²) < 4.78 is 4.61. The number of hydrogen-bond acceptors (Lipinski definition) is 4. The van der Waals surface area contributed by atoms with E-state index in [2.05, 4.69) is 40.2 Å². The Hall–Kier alpha value is -1.71. The van der Waals surface area contributed by atoms with Crippen LogP contribution in [0.1, 0.15) is 18.4 Å². The van der Waals surface area contributed by atoms with Crippen molar-refractivity contribution >= 4 is 17.3 Å². The van der Waals surface area contributed by atoms with Gasteiger partial charge in [-0.1, -0.05) is 0 Å². The molecule has 0 radical (unpaired) electrons. The Kier molecular flexibility index (Phi) is 4.07. The second-order valence-electron chi connectivity index (χ2n) is 4.62. The number of fused-ring (bicyclic) bond motifs is 1. The van der Waals surface area contributed by atoms with Gasteiger partial charge in [-0.05, 0) is 36.6 Å². The Morgan fingerprint density at radius 3 is 3.11 bits per heavy atom. The maximum Gasteiger partial charge on any atom is 0.307 e. The van der Waals surface area contributed by atoms with Crippen LogP contribution in [0.3, 0.4) is 0 Å². The van der Waals surface area contributed by atoms with Crippen LogP contribution < -0.4 is 10.2 Å². The van der Waals surface area contributed by atoms with Gasteiger partial charge in [0.1, 0.15) is 0 Å². The minimum atomic E-state index is -0.180. The third-order valence-electron chi connectivity index (χ3n) is 3.32. The first kappa shape index (κ1) is 12.7. The van der Waals surface area contributed by atoms with Crippen molar-refractivity contribution in [1.82, 2.24) is 0 Å². The van der Waals surface area contributed by atoms with E-state index in [0.717, 1.165) is 18.7 Å². The van der Waals surface area contributed by atoms with E-state index in [1.54, 1.807) is 0 Å². The normalized spacial score (nSPS) is 14.0. The van der Waals surface area contributed by atoms with E-state index >= 15 is 0 Å². The molecule has 0 spiro atoms. The fourth-order valence-electron chi connectivity index (χ4n) is 2.31. The lowest BCUT2D eigenvalue weighted by molar-refractivity contribution is -0.140. The molecular formula is C14H20N2O2. The van der Waals surface area contributed by atoms with Crippen LogP contribution in [0.25, 0.3) is 0 Å². The quantitative estimate of drug-likeness (QED) is 0.828. The van der Waals surface area contributed by atoms with E-state index in [-0.39, 0.29) is 5.97 Å². The smallest absolute Gasteiger partial charge is 0.307 e. The fourth-order valence-corrected chi connectivity index (χ4v) is 2.31. The zero-order valence-corrected chi connectivity index (χ0v) is 11.0. The lowest BCUT2D eigenvalue weighted by Gasteiger charge is -2.27. The largest absolute Gasteiger partial charge is 0.469 e. The number of rotatable bonds is 4. The van der Waals surface area contributed by atoms with E-state index in [9.17, 15) is 4.79 Å². The summed E-state index contributed by atoms with van der Waals surface area (Å²) in [7, 11) is 3.54. The van der Waals surface area contributed by atoms with Gasteiger partial charge < -0.3 is 15.0 Å². The number of methoxy groups -OCH3 is 1. The standard InChI is InChI=1S/C14H20N2O2/c1-16-9-3-4-11-10-12(5-6-13(11)16)15-8-7-14(17)18-2/h5-6,10,15H,3-4,7-9H2,1-2H3. The van der Waals surface area contributed by atoms with Crippen LogP contribution >= 0.6 is 0 Å². The predicted molar refractivity (Wildman–Crippen MR) is 73.2 cm³/mol. The molecule has 2 rings (SSSR count). The highest BCUT2D eigenvalue weighted by Gasteiger charge is 2.13. The summed E-state index contributed by atoms with van der Waals surface area (Å²) in [6, 6.07) is 6.40. The van der Waals surface area contributed by atoms with E-state index in [1.807, 2.05) is 0 Å². The highest BCUT2D eigenvalue weighted by atomic mass is 16.5. The third kappa shape index (κ3) is 2.94. The van der Waals surface area contributed by atoms with Gasteiger partial charge in [0.15, 0.2) is 0 Å². The second kappa shape index (κ2) is 5.76. The van der Waals surface area contributed by atoms with Crippen molar-refractivity contribution in [2.45, 2.75) is 19.3 Å². The van der Waals surface area contributed by atoms with Gasteiger partial charge in [-0.3, -0.25) is 4.79 Å². The van der Waals surface area contributed by atoms with Crippen molar-refractivity contribution in [3.05, 3.63) is 23.8 Å². The Morgan fingerprint density at radius 2 is 2.33 bits per heavy atom. The SMILES string of the molecule is COC(=O)CCNc1ccc2c(c1)CCCN2C. The zero-order chi connectivity index (χ0) is 13.0. The van der Waals surface area contributed by atoms with Crippen LogP contribution in [-0.2, 0) is 16.0 Å². The monoisotopic (exact) mass is 248 g/mol. The summed E-state index contributed by atoms with van der Waals surface area (Å²) in [4.78, 5) is 13.3. The predicted octanol–water partition coefficient (Wildman–Crippen LogP) is 2.04. The van der Waals surface area contributed by atoms with Gasteiger partial charge in [0, 0.05) is 31.5 Å². The van der Waals surface area contributed by atoms with Crippen molar-refractivity contribution in [2.75, 3.05) is 37.5 Å². The van der Waals surface area contributed by atoms with Gasteiger partial charge in [0.25, 0.3) is 0 Å². The molecule has 4 nitrogen and oxygen atoms in total. The number of hydrogen-bond donors (Lipinski definition) is 1. The number of benzene rings is 1. The van der Waals surface area contributed by atoms with Gasteiger partial charge in [0.2, 0.25) is 0 Å². The number of nitrogens with zero attached hydrogens (tertiary/aromatic N) is 1. The fraction of sp³-hybridized carbons (Fsp3) is 0.500. The molecule has 0 amide bonds. The number of ether oxygens (including phenoxy) is 1. The van der Waals surface area contributed by atoms with Crippen molar-refractivity contribution in [1.29, 1.82) is 0 Å². The van der Waals surface area contributed by atoms with Crippen molar-refractivity contribution in [2.24, 2.45) is 0 Å². The summed E-state index contributed by atoms with van der Waals surface area (Å²) in [6.07, 6.45) is 2.73. The number of anilines is 2. The lowest BCUT2D eigenvalue weighted by Crippen LogP contribution is -2.24. The molecule has 0 aromatic heterocycles. The average molecular weight is 248 g/mol. The Labute approximate surface area is 108 Å². The highest BCUT2D eigenvalue weighted by Crippen LogP contribution is 2.28. The molecule has 0 bridgehead atoms. The van der Waals surface area contributed by atoms with Crippen LogP contribution in [0, 0.1) is 0 Å². The summed E-state index contributed by atoms with van der Waals surface area (Å²) in [5, 5.41) is 3.26. The zero-order valence-electron chi connectivity index (χ0n) is 11.0. The number of carbonyl (C=O) groups is 1. The molecule has 0 aliphatic carbocycles.